The molecule has 0 saturated heterocycles. The summed E-state index contributed by atoms with van der Waals surface area (Å²) in [6.07, 6.45) is 4.50. The van der Waals surface area contributed by atoms with E-state index in [4.69, 9.17) is 14.0 Å². The van der Waals surface area contributed by atoms with Crippen LogP contribution < -0.4 is 4.74 Å². The van der Waals surface area contributed by atoms with Gasteiger partial charge in [0.2, 0.25) is 0 Å². The zero-order valence-electron chi connectivity index (χ0n) is 17.2. The summed E-state index contributed by atoms with van der Waals surface area (Å²) in [6, 6.07) is 13.2. The minimum atomic E-state index is -0.642. The van der Waals surface area contributed by atoms with Gasteiger partial charge in [-0.1, -0.05) is 29.8 Å². The van der Waals surface area contributed by atoms with Gasteiger partial charge in [0.1, 0.15) is 17.3 Å². The highest BCUT2D eigenvalue weighted by atomic mass is 19.1. The highest BCUT2D eigenvalue weighted by molar-refractivity contribution is 5.89. The van der Waals surface area contributed by atoms with E-state index < -0.39 is 11.8 Å². The van der Waals surface area contributed by atoms with Crippen LogP contribution in [0, 0.1) is 23.6 Å². The van der Waals surface area contributed by atoms with Crippen molar-refractivity contribution in [1.29, 1.82) is 0 Å². The molecule has 6 heteroatoms. The quantitative estimate of drug-likeness (QED) is 0.410. The lowest BCUT2D eigenvalue weighted by Crippen LogP contribution is -2.05. The van der Waals surface area contributed by atoms with Crippen molar-refractivity contribution in [2.45, 2.75) is 32.3 Å². The maximum atomic E-state index is 14.3. The fourth-order valence-electron chi connectivity index (χ4n) is 3.49. The van der Waals surface area contributed by atoms with Gasteiger partial charge in [0.25, 0.3) is 0 Å². The molecule has 0 radical (unpaired) electrons. The molecule has 0 atom stereocenters. The van der Waals surface area contributed by atoms with Gasteiger partial charge in [-0.05, 0) is 55.3 Å². The zero-order valence-corrected chi connectivity index (χ0v) is 17.2. The number of hydrogen-bond acceptors (Lipinski definition) is 5. The minimum absolute atomic E-state index is 0.104. The summed E-state index contributed by atoms with van der Waals surface area (Å²) in [7, 11) is 1.60. The summed E-state index contributed by atoms with van der Waals surface area (Å²) in [5.74, 6) is 6.32. The van der Waals surface area contributed by atoms with Crippen LogP contribution in [-0.2, 0) is 11.3 Å². The lowest BCUT2D eigenvalue weighted by Gasteiger charge is -2.04. The first kappa shape index (κ1) is 20.7. The number of esters is 1. The number of carbonyl (C=O) groups is 1. The van der Waals surface area contributed by atoms with E-state index in [2.05, 4.69) is 17.0 Å². The van der Waals surface area contributed by atoms with Crippen molar-refractivity contribution in [3.8, 4) is 28.8 Å². The SMILES string of the molecule is COc1ccc(-c2cc(COC(=O)c3ccc(C#CC4CCCC4)c(F)c3)on2)cc1. The number of benzene rings is 2. The smallest absolute Gasteiger partial charge is 0.338 e. The Morgan fingerprint density at radius 1 is 1.16 bits per heavy atom. The first-order valence-corrected chi connectivity index (χ1v) is 10.2. The van der Waals surface area contributed by atoms with Gasteiger partial charge < -0.3 is 14.0 Å². The summed E-state index contributed by atoms with van der Waals surface area (Å²) in [5, 5.41) is 3.99. The maximum Gasteiger partial charge on any atom is 0.338 e. The Labute approximate surface area is 180 Å². The predicted octanol–water partition coefficient (Wildman–Crippen LogP) is 5.39. The largest absolute Gasteiger partial charge is 0.497 e. The molecule has 4 rings (SSSR count). The first-order chi connectivity index (χ1) is 15.1. The monoisotopic (exact) mass is 419 g/mol. The molecule has 1 aliphatic carbocycles. The molecule has 5 nitrogen and oxygen atoms in total. The van der Waals surface area contributed by atoms with E-state index in [9.17, 15) is 9.18 Å². The standard InChI is InChI=1S/C25H22FNO4/c1-29-21-12-10-19(11-13-21)24-15-22(31-27-24)16-30-25(28)20-9-8-18(23(26)14-20)7-6-17-4-2-3-5-17/h8-15,17H,2-5,16H2,1H3. The van der Waals surface area contributed by atoms with E-state index in [1.165, 1.54) is 25.0 Å². The van der Waals surface area contributed by atoms with Crippen molar-refractivity contribution in [3.63, 3.8) is 0 Å². The number of hydrogen-bond donors (Lipinski definition) is 0. The van der Waals surface area contributed by atoms with Gasteiger partial charge in [-0.3, -0.25) is 0 Å². The van der Waals surface area contributed by atoms with Crippen LogP contribution in [-0.4, -0.2) is 18.2 Å². The van der Waals surface area contributed by atoms with Gasteiger partial charge in [0.05, 0.1) is 18.2 Å². The average Bonchev–Trinajstić information content (AvgIpc) is 3.49. The van der Waals surface area contributed by atoms with E-state index in [1.54, 1.807) is 13.2 Å². The summed E-state index contributed by atoms with van der Waals surface area (Å²) >= 11 is 0. The third-order valence-electron chi connectivity index (χ3n) is 5.26. The molecule has 0 N–H and O–H groups in total. The minimum Gasteiger partial charge on any atom is -0.497 e. The van der Waals surface area contributed by atoms with Gasteiger partial charge in [-0.25, -0.2) is 9.18 Å². The predicted molar refractivity (Wildman–Crippen MR) is 113 cm³/mol. The van der Waals surface area contributed by atoms with E-state index in [-0.39, 0.29) is 12.2 Å². The van der Waals surface area contributed by atoms with Crippen LogP contribution in [0.4, 0.5) is 4.39 Å². The fraction of sp³-hybridized carbons (Fsp3) is 0.280. The molecule has 0 spiro atoms. The van der Waals surface area contributed by atoms with E-state index >= 15 is 0 Å². The van der Waals surface area contributed by atoms with Crippen LogP contribution in [0.5, 0.6) is 5.75 Å². The Bertz CT molecular complexity index is 1120. The molecule has 1 aromatic heterocycles. The summed E-state index contributed by atoms with van der Waals surface area (Å²) in [5.41, 5.74) is 1.88. The molecule has 1 heterocycles. The molecule has 1 aliphatic rings. The van der Waals surface area contributed by atoms with Gasteiger partial charge in [-0.2, -0.15) is 0 Å². The number of halogens is 1. The Hall–Kier alpha value is -3.59. The summed E-state index contributed by atoms with van der Waals surface area (Å²) < 4.78 is 30.0. The lowest BCUT2D eigenvalue weighted by atomic mass is 10.1. The third kappa shape index (κ3) is 5.13. The van der Waals surface area contributed by atoms with Gasteiger partial charge >= 0.3 is 5.97 Å². The molecule has 0 amide bonds. The lowest BCUT2D eigenvalue weighted by molar-refractivity contribution is 0.0437. The Morgan fingerprint density at radius 2 is 1.94 bits per heavy atom. The Kier molecular flexibility index (Phi) is 6.32. The van der Waals surface area contributed by atoms with E-state index in [0.717, 1.165) is 30.2 Å². The molecule has 31 heavy (non-hydrogen) atoms. The van der Waals surface area contributed by atoms with Gasteiger partial charge in [0.15, 0.2) is 12.4 Å². The van der Waals surface area contributed by atoms with Gasteiger partial charge in [-0.15, -0.1) is 0 Å². The third-order valence-corrected chi connectivity index (χ3v) is 5.26. The van der Waals surface area contributed by atoms with Crippen molar-refractivity contribution in [1.82, 2.24) is 5.16 Å². The van der Waals surface area contributed by atoms with Crippen molar-refractivity contribution in [2.75, 3.05) is 7.11 Å². The number of rotatable bonds is 5. The van der Waals surface area contributed by atoms with Crippen LogP contribution in [0.1, 0.15) is 47.4 Å². The second-order valence-corrected chi connectivity index (χ2v) is 7.43. The first-order valence-electron chi connectivity index (χ1n) is 10.2. The highest BCUT2D eigenvalue weighted by Gasteiger charge is 2.14. The number of methoxy groups -OCH3 is 1. The molecule has 0 bridgehead atoms. The topological polar surface area (TPSA) is 61.6 Å². The number of aromatic nitrogens is 1. The van der Waals surface area contributed by atoms with Crippen molar-refractivity contribution < 1.29 is 23.2 Å². The van der Waals surface area contributed by atoms with Gasteiger partial charge in [0, 0.05) is 17.5 Å². The second kappa shape index (κ2) is 9.48. The summed E-state index contributed by atoms with van der Waals surface area (Å²) in [6.45, 7) is -0.104. The van der Waals surface area contributed by atoms with Crippen molar-refractivity contribution in [2.24, 2.45) is 5.92 Å². The molecule has 1 saturated carbocycles. The van der Waals surface area contributed by atoms with Crippen LogP contribution >= 0.6 is 0 Å². The summed E-state index contributed by atoms with van der Waals surface area (Å²) in [4.78, 5) is 12.3. The second-order valence-electron chi connectivity index (χ2n) is 7.43. The fourth-order valence-corrected chi connectivity index (χ4v) is 3.49. The molecule has 0 aliphatic heterocycles. The molecular weight excluding hydrogens is 397 g/mol. The Balaban J connectivity index is 1.36. The molecule has 158 valence electrons. The van der Waals surface area contributed by atoms with Crippen molar-refractivity contribution >= 4 is 5.97 Å². The molecular formula is C25H22FNO4. The number of ether oxygens (including phenoxy) is 2. The van der Waals surface area contributed by atoms with E-state index in [1.807, 2.05) is 24.3 Å². The van der Waals surface area contributed by atoms with E-state index in [0.29, 0.717) is 22.9 Å². The zero-order chi connectivity index (χ0) is 21.6. The molecule has 0 unspecified atom stereocenters. The van der Waals surface area contributed by atoms with Crippen LogP contribution in [0.25, 0.3) is 11.3 Å². The average molecular weight is 419 g/mol. The molecule has 1 fully saturated rings. The normalized spacial score (nSPS) is 13.5. The van der Waals surface area contributed by atoms with Crippen LogP contribution in [0.3, 0.4) is 0 Å². The number of carbonyl (C=O) groups excluding carboxylic acids is 1. The Morgan fingerprint density at radius 3 is 2.65 bits per heavy atom. The molecule has 2 aromatic carbocycles. The maximum absolute atomic E-state index is 14.3. The number of nitrogens with zero attached hydrogens (tertiary/aromatic N) is 1. The highest BCUT2D eigenvalue weighted by Crippen LogP contribution is 2.24. The van der Waals surface area contributed by atoms with Crippen molar-refractivity contribution in [3.05, 3.63) is 71.2 Å². The van der Waals surface area contributed by atoms with Crippen LogP contribution in [0.15, 0.2) is 53.1 Å². The molecule has 3 aromatic rings. The van der Waals surface area contributed by atoms with Crippen LogP contribution in [0.2, 0.25) is 0 Å².